The Balaban J connectivity index is 1.18. The Labute approximate surface area is 186 Å². The molecule has 3 aromatic rings. The van der Waals surface area contributed by atoms with Gasteiger partial charge >= 0.3 is 0 Å². The molecular weight excluding hydrogens is 406 g/mol. The first-order chi connectivity index (χ1) is 15.5. The van der Waals surface area contributed by atoms with Crippen molar-refractivity contribution in [3.05, 3.63) is 58.6 Å². The van der Waals surface area contributed by atoms with Gasteiger partial charge in [0.15, 0.2) is 11.5 Å². The van der Waals surface area contributed by atoms with Crippen LogP contribution in [0.2, 0.25) is 0 Å². The van der Waals surface area contributed by atoms with E-state index in [-0.39, 0.29) is 11.5 Å². The first-order valence-corrected chi connectivity index (χ1v) is 11.3. The van der Waals surface area contributed by atoms with Gasteiger partial charge in [0.25, 0.3) is 11.3 Å². The lowest BCUT2D eigenvalue weighted by Gasteiger charge is -2.31. The van der Waals surface area contributed by atoms with Gasteiger partial charge in [-0.25, -0.2) is 4.98 Å². The lowest BCUT2D eigenvalue weighted by atomic mass is 9.94. The van der Waals surface area contributed by atoms with Crippen LogP contribution in [0.25, 0.3) is 10.9 Å². The number of para-hydroxylation sites is 1. The van der Waals surface area contributed by atoms with E-state index in [1.54, 1.807) is 17.0 Å². The molecule has 1 N–H and O–H groups in total. The predicted molar refractivity (Wildman–Crippen MR) is 122 cm³/mol. The second-order valence-corrected chi connectivity index (χ2v) is 8.70. The molecule has 0 atom stereocenters. The summed E-state index contributed by atoms with van der Waals surface area (Å²) in [4.78, 5) is 29.5. The van der Waals surface area contributed by atoms with E-state index in [2.05, 4.69) is 10.3 Å². The van der Waals surface area contributed by atoms with E-state index >= 15 is 0 Å². The average Bonchev–Trinajstić information content (AvgIpc) is 3.12. The molecule has 2 aliphatic rings. The van der Waals surface area contributed by atoms with E-state index in [1.807, 2.05) is 37.3 Å². The molecule has 7 nitrogen and oxygen atoms in total. The summed E-state index contributed by atoms with van der Waals surface area (Å²) in [5.41, 5.74) is 2.31. The summed E-state index contributed by atoms with van der Waals surface area (Å²) < 4.78 is 13.8. The number of fused-ring (bicyclic) bond motifs is 2. The molecule has 32 heavy (non-hydrogen) atoms. The summed E-state index contributed by atoms with van der Waals surface area (Å²) in [6.07, 6.45) is 7.62. The molecule has 1 aliphatic heterocycles. The first kappa shape index (κ1) is 20.5. The van der Waals surface area contributed by atoms with Gasteiger partial charge < -0.3 is 14.8 Å². The van der Waals surface area contributed by atoms with Gasteiger partial charge in [0.2, 0.25) is 5.91 Å². The van der Waals surface area contributed by atoms with Crippen molar-refractivity contribution < 1.29 is 14.3 Å². The van der Waals surface area contributed by atoms with E-state index in [0.29, 0.717) is 36.2 Å². The Morgan fingerprint density at radius 1 is 1.12 bits per heavy atom. The maximum absolute atomic E-state index is 12.7. The molecule has 166 valence electrons. The number of nitrogens with one attached hydrogen (secondary N) is 1. The Morgan fingerprint density at radius 3 is 2.78 bits per heavy atom. The highest BCUT2D eigenvalue weighted by Gasteiger charge is 2.42. The quantitative estimate of drug-likeness (QED) is 0.638. The Hall–Kier alpha value is -3.35. The van der Waals surface area contributed by atoms with Crippen LogP contribution >= 0.6 is 0 Å². The summed E-state index contributed by atoms with van der Waals surface area (Å²) in [5, 5.41) is 3.53. The maximum Gasteiger partial charge on any atom is 0.261 e. The van der Waals surface area contributed by atoms with Crippen LogP contribution in [0.1, 0.15) is 50.5 Å². The molecule has 1 aliphatic carbocycles. The molecular formula is C25H27N3O4. The fourth-order valence-electron chi connectivity index (χ4n) is 4.60. The Bertz CT molecular complexity index is 1230. The van der Waals surface area contributed by atoms with E-state index in [9.17, 15) is 9.59 Å². The summed E-state index contributed by atoms with van der Waals surface area (Å²) in [6.45, 7) is 2.38. The van der Waals surface area contributed by atoms with Crippen LogP contribution in [0.3, 0.4) is 0 Å². The molecule has 0 unspecified atom stereocenters. The summed E-state index contributed by atoms with van der Waals surface area (Å²) in [7, 11) is 0. The van der Waals surface area contributed by atoms with Crippen molar-refractivity contribution >= 4 is 22.5 Å². The van der Waals surface area contributed by atoms with Crippen LogP contribution in [0.5, 0.6) is 11.5 Å². The molecule has 1 aromatic heterocycles. The fraction of sp³-hybridized carbons (Fsp3) is 0.400. The summed E-state index contributed by atoms with van der Waals surface area (Å²) >= 11 is 0. The molecule has 1 saturated carbocycles. The number of ether oxygens (including phenoxy) is 2. The van der Waals surface area contributed by atoms with E-state index in [4.69, 9.17) is 9.47 Å². The van der Waals surface area contributed by atoms with Gasteiger partial charge in [-0.05, 0) is 49.9 Å². The first-order valence-electron chi connectivity index (χ1n) is 11.3. The minimum atomic E-state index is -0.525. The van der Waals surface area contributed by atoms with Crippen LogP contribution in [0.15, 0.2) is 47.5 Å². The molecule has 5 rings (SSSR count). The molecule has 2 heterocycles. The van der Waals surface area contributed by atoms with Crippen molar-refractivity contribution in [2.75, 3.05) is 5.32 Å². The number of aryl methyl sites for hydroxylation is 2. The van der Waals surface area contributed by atoms with Gasteiger partial charge in [-0.3, -0.25) is 14.2 Å². The van der Waals surface area contributed by atoms with Gasteiger partial charge in [-0.2, -0.15) is 0 Å². The zero-order valence-corrected chi connectivity index (χ0v) is 18.2. The summed E-state index contributed by atoms with van der Waals surface area (Å²) in [6, 6.07) is 11.1. The molecule has 0 bridgehead atoms. The average molecular weight is 434 g/mol. The van der Waals surface area contributed by atoms with Gasteiger partial charge in [0, 0.05) is 37.6 Å². The molecule has 0 saturated heterocycles. The third-order valence-corrected chi connectivity index (χ3v) is 6.29. The number of rotatable bonds is 5. The number of aromatic nitrogens is 2. The molecule has 7 heteroatoms. The number of amides is 1. The third-order valence-electron chi connectivity index (χ3n) is 6.29. The minimum Gasteiger partial charge on any atom is -0.448 e. The van der Waals surface area contributed by atoms with E-state index in [1.165, 1.54) is 6.42 Å². The van der Waals surface area contributed by atoms with Crippen LogP contribution in [-0.2, 0) is 11.3 Å². The van der Waals surface area contributed by atoms with Crippen molar-refractivity contribution in [2.24, 2.45) is 0 Å². The number of carbonyl (C=O) groups excluding carboxylic acids is 1. The molecule has 0 radical (unpaired) electrons. The van der Waals surface area contributed by atoms with Crippen molar-refractivity contribution in [3.63, 3.8) is 0 Å². The van der Waals surface area contributed by atoms with Gasteiger partial charge in [0.05, 0.1) is 17.2 Å². The number of hydrogen-bond donors (Lipinski definition) is 1. The lowest BCUT2D eigenvalue weighted by molar-refractivity contribution is -0.116. The van der Waals surface area contributed by atoms with Crippen molar-refractivity contribution in [3.8, 4) is 11.5 Å². The Morgan fingerprint density at radius 2 is 1.94 bits per heavy atom. The highest BCUT2D eigenvalue weighted by atomic mass is 16.7. The lowest BCUT2D eigenvalue weighted by Crippen LogP contribution is -2.40. The Kier molecular flexibility index (Phi) is 5.33. The van der Waals surface area contributed by atoms with Crippen molar-refractivity contribution in [1.82, 2.24) is 9.55 Å². The number of benzene rings is 2. The van der Waals surface area contributed by atoms with Crippen LogP contribution < -0.4 is 20.3 Å². The van der Waals surface area contributed by atoms with Crippen LogP contribution in [0, 0.1) is 6.92 Å². The number of carbonyl (C=O) groups is 1. The van der Waals surface area contributed by atoms with Gasteiger partial charge in [0.1, 0.15) is 0 Å². The number of anilines is 1. The zero-order valence-electron chi connectivity index (χ0n) is 18.2. The number of hydrogen-bond acceptors (Lipinski definition) is 5. The topological polar surface area (TPSA) is 82.5 Å². The highest BCUT2D eigenvalue weighted by molar-refractivity contribution is 5.91. The molecule has 1 amide bonds. The van der Waals surface area contributed by atoms with E-state index < -0.39 is 5.79 Å². The zero-order chi connectivity index (χ0) is 22.1. The van der Waals surface area contributed by atoms with Crippen LogP contribution in [0.4, 0.5) is 5.69 Å². The maximum atomic E-state index is 12.7. The summed E-state index contributed by atoms with van der Waals surface area (Å²) in [5.74, 6) is 0.800. The van der Waals surface area contributed by atoms with Crippen molar-refractivity contribution in [2.45, 2.75) is 64.2 Å². The fourth-order valence-corrected chi connectivity index (χ4v) is 4.60. The normalized spacial score (nSPS) is 16.4. The molecule has 1 spiro atoms. The van der Waals surface area contributed by atoms with Crippen LogP contribution in [-0.4, -0.2) is 21.2 Å². The monoisotopic (exact) mass is 433 g/mol. The smallest absolute Gasteiger partial charge is 0.261 e. The molecule has 2 aromatic carbocycles. The highest BCUT2D eigenvalue weighted by Crippen LogP contribution is 2.46. The second kappa shape index (κ2) is 8.30. The SMILES string of the molecule is Cc1cccc2c(=O)n(CCCC(=O)Nc3ccc4c(c3)OC3(CCCCC3)O4)cnc12. The largest absolute Gasteiger partial charge is 0.448 e. The van der Waals surface area contributed by atoms with Gasteiger partial charge in [-0.15, -0.1) is 0 Å². The van der Waals surface area contributed by atoms with Crippen molar-refractivity contribution in [1.29, 1.82) is 0 Å². The standard InChI is InChI=1S/C25H27N3O4/c1-17-7-5-8-19-23(17)26-16-28(24(19)30)14-6-9-22(29)27-18-10-11-20-21(15-18)32-25(31-20)12-3-2-4-13-25/h5,7-8,10-11,15-16H,2-4,6,9,12-14H2,1H3,(H,27,29). The molecule has 1 fully saturated rings. The predicted octanol–water partition coefficient (Wildman–Crippen LogP) is 4.56. The minimum absolute atomic E-state index is 0.0773. The second-order valence-electron chi connectivity index (χ2n) is 8.70. The third kappa shape index (κ3) is 3.95. The van der Waals surface area contributed by atoms with Gasteiger partial charge in [-0.1, -0.05) is 18.6 Å². The van der Waals surface area contributed by atoms with E-state index in [0.717, 1.165) is 42.5 Å². The number of nitrogens with zero attached hydrogens (tertiary/aromatic N) is 2.